The molecule has 4 aromatic rings. The molecule has 1 aromatic heterocycles. The number of phenolic OH excluding ortho intramolecular Hbond substituents is 1. The first-order valence-corrected chi connectivity index (χ1v) is 10.1. The molecule has 0 bridgehead atoms. The van der Waals surface area contributed by atoms with Crippen LogP contribution in [-0.2, 0) is 11.2 Å². The molecule has 1 amide bonds. The second-order valence-corrected chi connectivity index (χ2v) is 7.69. The lowest BCUT2D eigenvalue weighted by Gasteiger charge is -2.23. The molecule has 1 heterocycles. The highest BCUT2D eigenvalue weighted by Crippen LogP contribution is 2.39. The molecule has 30 heavy (non-hydrogen) atoms. The summed E-state index contributed by atoms with van der Waals surface area (Å²) in [4.78, 5) is 17.1. The van der Waals surface area contributed by atoms with Crippen LogP contribution in [0.5, 0.6) is 5.75 Å². The van der Waals surface area contributed by atoms with Crippen molar-refractivity contribution in [3.05, 3.63) is 106 Å². The number of carbonyl (C=O) groups excluding carboxylic acids is 1. The van der Waals surface area contributed by atoms with E-state index in [0.717, 1.165) is 5.56 Å². The van der Waals surface area contributed by atoms with Gasteiger partial charge in [-0.3, -0.25) is 9.78 Å². The van der Waals surface area contributed by atoms with E-state index < -0.39 is 6.04 Å². The van der Waals surface area contributed by atoms with Gasteiger partial charge in [-0.25, -0.2) is 0 Å². The van der Waals surface area contributed by atoms with Crippen LogP contribution >= 0.6 is 23.2 Å². The van der Waals surface area contributed by atoms with Crippen LogP contribution in [0.4, 0.5) is 0 Å². The lowest BCUT2D eigenvalue weighted by atomic mass is 9.95. The lowest BCUT2D eigenvalue weighted by molar-refractivity contribution is -0.120. The molecule has 3 aromatic carbocycles. The van der Waals surface area contributed by atoms with Crippen LogP contribution in [0.2, 0.25) is 10.0 Å². The van der Waals surface area contributed by atoms with Gasteiger partial charge in [0.05, 0.1) is 17.5 Å². The highest BCUT2D eigenvalue weighted by Gasteiger charge is 2.25. The van der Waals surface area contributed by atoms with Crippen LogP contribution < -0.4 is 5.32 Å². The average Bonchev–Trinajstić information content (AvgIpc) is 2.76. The number of phenols is 1. The van der Waals surface area contributed by atoms with E-state index in [1.165, 1.54) is 0 Å². The van der Waals surface area contributed by atoms with Gasteiger partial charge in [-0.1, -0.05) is 71.7 Å². The summed E-state index contributed by atoms with van der Waals surface area (Å²) in [7, 11) is 0. The van der Waals surface area contributed by atoms with E-state index in [1.54, 1.807) is 30.5 Å². The Morgan fingerprint density at radius 2 is 1.67 bits per heavy atom. The number of halogens is 2. The standard InChI is InChI=1S/C24H18Cl2N2O2/c25-19-11-5-4-9-16(19)22(28-21(29)13-15-7-2-1-3-8-15)18-14-20(26)17-10-6-12-27-23(17)24(18)30/h1-12,14,22,30H,13H2,(H,28,29). The molecule has 1 unspecified atom stereocenters. The number of aromatic nitrogens is 1. The van der Waals surface area contributed by atoms with Crippen molar-refractivity contribution in [3.63, 3.8) is 0 Å². The molecule has 0 fully saturated rings. The highest BCUT2D eigenvalue weighted by molar-refractivity contribution is 6.35. The Balaban J connectivity index is 1.79. The van der Waals surface area contributed by atoms with E-state index in [0.29, 0.717) is 32.1 Å². The molecule has 0 spiro atoms. The minimum absolute atomic E-state index is 0.0417. The largest absolute Gasteiger partial charge is 0.505 e. The third-order valence-electron chi connectivity index (χ3n) is 4.89. The van der Waals surface area contributed by atoms with Crippen molar-refractivity contribution in [1.29, 1.82) is 0 Å². The van der Waals surface area contributed by atoms with Gasteiger partial charge in [-0.2, -0.15) is 0 Å². The van der Waals surface area contributed by atoms with Crippen molar-refractivity contribution in [2.24, 2.45) is 0 Å². The number of amides is 1. The molecule has 0 saturated carbocycles. The molecule has 1 atom stereocenters. The number of aromatic hydroxyl groups is 1. The Morgan fingerprint density at radius 1 is 0.933 bits per heavy atom. The van der Waals surface area contributed by atoms with E-state index >= 15 is 0 Å². The van der Waals surface area contributed by atoms with Crippen molar-refractivity contribution >= 4 is 40.0 Å². The van der Waals surface area contributed by atoms with Gasteiger partial charge in [0.15, 0.2) is 0 Å². The molecule has 4 nitrogen and oxygen atoms in total. The maximum absolute atomic E-state index is 12.9. The van der Waals surface area contributed by atoms with Crippen molar-refractivity contribution in [3.8, 4) is 5.75 Å². The summed E-state index contributed by atoms with van der Waals surface area (Å²) in [6.45, 7) is 0. The maximum atomic E-state index is 12.9. The molecular formula is C24H18Cl2N2O2. The van der Waals surface area contributed by atoms with Crippen LogP contribution in [0, 0.1) is 0 Å². The van der Waals surface area contributed by atoms with Gasteiger partial charge >= 0.3 is 0 Å². The van der Waals surface area contributed by atoms with E-state index in [9.17, 15) is 9.90 Å². The Bertz CT molecular complexity index is 1210. The number of nitrogens with zero attached hydrogens (tertiary/aromatic N) is 1. The Labute approximate surface area is 184 Å². The summed E-state index contributed by atoms with van der Waals surface area (Å²) >= 11 is 12.9. The van der Waals surface area contributed by atoms with Crippen LogP contribution in [0.25, 0.3) is 10.9 Å². The van der Waals surface area contributed by atoms with Gasteiger partial charge in [0, 0.05) is 22.2 Å². The van der Waals surface area contributed by atoms with Gasteiger partial charge < -0.3 is 10.4 Å². The molecule has 0 radical (unpaired) electrons. The van der Waals surface area contributed by atoms with Crippen molar-refractivity contribution < 1.29 is 9.90 Å². The van der Waals surface area contributed by atoms with Crippen LogP contribution in [0.3, 0.4) is 0 Å². The summed E-state index contributed by atoms with van der Waals surface area (Å²) < 4.78 is 0. The lowest BCUT2D eigenvalue weighted by Crippen LogP contribution is -2.31. The molecular weight excluding hydrogens is 419 g/mol. The molecule has 0 saturated heterocycles. The first-order valence-electron chi connectivity index (χ1n) is 9.38. The second kappa shape index (κ2) is 8.74. The predicted octanol–water partition coefficient (Wildman–Crippen LogP) is 5.70. The third kappa shape index (κ3) is 4.11. The molecule has 0 aliphatic rings. The summed E-state index contributed by atoms with van der Waals surface area (Å²) in [5, 5.41) is 15.5. The molecule has 6 heteroatoms. The SMILES string of the molecule is O=C(Cc1ccccc1)NC(c1ccccc1Cl)c1cc(Cl)c2cccnc2c1O. The zero-order chi connectivity index (χ0) is 21.1. The Kier molecular flexibility index (Phi) is 5.88. The quantitative estimate of drug-likeness (QED) is 0.421. The normalized spacial score (nSPS) is 11.9. The minimum Gasteiger partial charge on any atom is -0.505 e. The summed E-state index contributed by atoms with van der Waals surface area (Å²) in [6.07, 6.45) is 1.78. The predicted molar refractivity (Wildman–Crippen MR) is 120 cm³/mol. The topological polar surface area (TPSA) is 62.2 Å². The molecule has 2 N–H and O–H groups in total. The zero-order valence-electron chi connectivity index (χ0n) is 15.8. The number of hydrogen-bond donors (Lipinski definition) is 2. The fourth-order valence-electron chi connectivity index (χ4n) is 3.45. The summed E-state index contributed by atoms with van der Waals surface area (Å²) in [6, 6.07) is 21.1. The third-order valence-corrected chi connectivity index (χ3v) is 5.54. The minimum atomic E-state index is -0.696. The van der Waals surface area contributed by atoms with E-state index in [4.69, 9.17) is 23.2 Å². The van der Waals surface area contributed by atoms with Gasteiger partial charge in [0.2, 0.25) is 5.91 Å². The molecule has 150 valence electrons. The highest BCUT2D eigenvalue weighted by atomic mass is 35.5. The first-order chi connectivity index (χ1) is 14.5. The first kappa shape index (κ1) is 20.2. The number of fused-ring (bicyclic) bond motifs is 1. The fourth-order valence-corrected chi connectivity index (χ4v) is 3.97. The van der Waals surface area contributed by atoms with Gasteiger partial charge in [-0.05, 0) is 35.4 Å². The van der Waals surface area contributed by atoms with E-state index in [1.807, 2.05) is 48.5 Å². The second-order valence-electron chi connectivity index (χ2n) is 6.88. The van der Waals surface area contributed by atoms with Crippen molar-refractivity contribution in [2.75, 3.05) is 0 Å². The van der Waals surface area contributed by atoms with Crippen LogP contribution in [0.15, 0.2) is 79.0 Å². The van der Waals surface area contributed by atoms with Gasteiger partial charge in [0.1, 0.15) is 11.3 Å². The number of nitrogens with one attached hydrogen (secondary N) is 1. The Morgan fingerprint density at radius 3 is 2.43 bits per heavy atom. The number of carbonyl (C=O) groups is 1. The van der Waals surface area contributed by atoms with Gasteiger partial charge in [0.25, 0.3) is 0 Å². The molecule has 0 aliphatic heterocycles. The van der Waals surface area contributed by atoms with Crippen molar-refractivity contribution in [1.82, 2.24) is 10.3 Å². The number of rotatable bonds is 5. The van der Waals surface area contributed by atoms with E-state index in [-0.39, 0.29) is 18.1 Å². The van der Waals surface area contributed by atoms with Gasteiger partial charge in [-0.15, -0.1) is 0 Å². The average molecular weight is 437 g/mol. The molecule has 0 aliphatic carbocycles. The maximum Gasteiger partial charge on any atom is 0.225 e. The monoisotopic (exact) mass is 436 g/mol. The molecule has 4 rings (SSSR count). The summed E-state index contributed by atoms with van der Waals surface area (Å²) in [5.74, 6) is -0.248. The van der Waals surface area contributed by atoms with Crippen LogP contribution in [-0.4, -0.2) is 16.0 Å². The van der Waals surface area contributed by atoms with Crippen LogP contribution in [0.1, 0.15) is 22.7 Å². The summed E-state index contributed by atoms with van der Waals surface area (Å²) in [5.41, 5.74) is 2.34. The van der Waals surface area contributed by atoms with E-state index in [2.05, 4.69) is 10.3 Å². The zero-order valence-corrected chi connectivity index (χ0v) is 17.4. The fraction of sp³-hybridized carbons (Fsp3) is 0.0833. The smallest absolute Gasteiger partial charge is 0.225 e. The number of hydrogen-bond acceptors (Lipinski definition) is 3. The van der Waals surface area contributed by atoms with Crippen molar-refractivity contribution in [2.45, 2.75) is 12.5 Å². The number of benzene rings is 3. The number of pyridine rings is 1. The Hall–Kier alpha value is -3.08.